The number of aromatic nitrogens is 3. The first kappa shape index (κ1) is 8.68. The minimum absolute atomic E-state index is 0.296. The highest BCUT2D eigenvalue weighted by molar-refractivity contribution is 5.50. The van der Waals surface area contributed by atoms with Crippen molar-refractivity contribution in [3.8, 4) is 11.5 Å². The maximum atomic E-state index is 11.0. The van der Waals surface area contributed by atoms with Crippen LogP contribution < -0.4 is 5.76 Å². The molecule has 2 rings (SSSR count). The molecule has 0 radical (unpaired) electrons. The Morgan fingerprint density at radius 2 is 2.21 bits per heavy atom. The second-order valence-electron chi connectivity index (χ2n) is 2.98. The van der Waals surface area contributed by atoms with Crippen LogP contribution in [0.4, 0.5) is 0 Å². The van der Waals surface area contributed by atoms with Gasteiger partial charge in [0.2, 0.25) is 0 Å². The Labute approximate surface area is 80.0 Å². The van der Waals surface area contributed by atoms with Crippen LogP contribution in [0, 0.1) is 6.92 Å². The third-order valence-electron chi connectivity index (χ3n) is 1.85. The topological polar surface area (TPSA) is 60.9 Å². The van der Waals surface area contributed by atoms with Crippen LogP contribution >= 0.6 is 0 Å². The number of hydrogen-bond acceptors (Lipinski definition) is 4. The van der Waals surface area contributed by atoms with Gasteiger partial charge in [-0.2, -0.15) is 4.68 Å². The molecule has 0 aromatic carbocycles. The van der Waals surface area contributed by atoms with Crippen LogP contribution in [0.25, 0.3) is 11.5 Å². The molecular formula is C9H9N3O2. The summed E-state index contributed by atoms with van der Waals surface area (Å²) in [5.74, 6) is -0.175. The fourth-order valence-electron chi connectivity index (χ4n) is 1.06. The second kappa shape index (κ2) is 3.10. The van der Waals surface area contributed by atoms with Gasteiger partial charge in [0.1, 0.15) is 0 Å². The molecule has 0 fully saturated rings. The highest BCUT2D eigenvalue weighted by Gasteiger charge is 2.07. The van der Waals surface area contributed by atoms with Crippen molar-refractivity contribution < 1.29 is 4.42 Å². The van der Waals surface area contributed by atoms with E-state index in [4.69, 9.17) is 4.42 Å². The Bertz CT molecular complexity index is 496. The molecule has 2 aromatic heterocycles. The first-order valence-electron chi connectivity index (χ1n) is 4.14. The number of pyridine rings is 1. The minimum atomic E-state index is -0.472. The number of hydrogen-bond donors (Lipinski definition) is 0. The molecule has 72 valence electrons. The highest BCUT2D eigenvalue weighted by Crippen LogP contribution is 2.13. The maximum absolute atomic E-state index is 11.0. The zero-order valence-electron chi connectivity index (χ0n) is 7.89. The van der Waals surface area contributed by atoms with Gasteiger partial charge >= 0.3 is 5.76 Å². The normalized spacial score (nSPS) is 10.4. The summed E-state index contributed by atoms with van der Waals surface area (Å²) < 4.78 is 6.04. The Hall–Kier alpha value is -1.91. The van der Waals surface area contributed by atoms with Crippen molar-refractivity contribution >= 4 is 0 Å². The Morgan fingerprint density at radius 1 is 1.43 bits per heavy atom. The standard InChI is InChI=1S/C9H9N3O2/c1-6-3-4-7(5-10-6)8-11-12(2)9(13)14-8/h3-5H,1-2H3. The fraction of sp³-hybridized carbons (Fsp3) is 0.222. The summed E-state index contributed by atoms with van der Waals surface area (Å²) in [6, 6.07) is 3.65. The van der Waals surface area contributed by atoms with Crippen molar-refractivity contribution in [2.75, 3.05) is 0 Å². The summed E-state index contributed by atoms with van der Waals surface area (Å²) in [6.07, 6.45) is 1.63. The summed E-state index contributed by atoms with van der Waals surface area (Å²) in [5.41, 5.74) is 1.61. The summed E-state index contributed by atoms with van der Waals surface area (Å²) in [5, 5.41) is 3.91. The van der Waals surface area contributed by atoms with Gasteiger partial charge in [0.15, 0.2) is 0 Å². The molecule has 0 saturated heterocycles. The summed E-state index contributed by atoms with van der Waals surface area (Å²) in [4.78, 5) is 15.1. The van der Waals surface area contributed by atoms with Gasteiger partial charge in [-0.05, 0) is 19.1 Å². The van der Waals surface area contributed by atoms with Gasteiger partial charge in [0.25, 0.3) is 5.89 Å². The lowest BCUT2D eigenvalue weighted by Crippen LogP contribution is -2.09. The predicted molar refractivity (Wildman–Crippen MR) is 49.7 cm³/mol. The van der Waals surface area contributed by atoms with E-state index in [-0.39, 0.29) is 0 Å². The average Bonchev–Trinajstić information content (AvgIpc) is 2.48. The lowest BCUT2D eigenvalue weighted by Gasteiger charge is -1.93. The van der Waals surface area contributed by atoms with Crippen LogP contribution in [-0.2, 0) is 7.05 Å². The molecule has 0 N–H and O–H groups in total. The summed E-state index contributed by atoms with van der Waals surface area (Å²) >= 11 is 0. The van der Waals surface area contributed by atoms with Gasteiger partial charge in [-0.25, -0.2) is 4.79 Å². The Kier molecular flexibility index (Phi) is 1.92. The lowest BCUT2D eigenvalue weighted by molar-refractivity contribution is 0.505. The molecule has 2 aromatic rings. The van der Waals surface area contributed by atoms with Gasteiger partial charge in [-0.15, -0.1) is 5.10 Å². The van der Waals surface area contributed by atoms with Crippen molar-refractivity contribution in [2.24, 2.45) is 7.05 Å². The van der Waals surface area contributed by atoms with E-state index in [1.165, 1.54) is 7.05 Å². The number of aryl methyl sites for hydroxylation is 2. The largest absolute Gasteiger partial charge is 0.437 e. The Balaban J connectivity index is 2.49. The molecule has 0 aliphatic heterocycles. The molecule has 0 bridgehead atoms. The summed E-state index contributed by atoms with van der Waals surface area (Å²) in [6.45, 7) is 1.89. The van der Waals surface area contributed by atoms with Gasteiger partial charge in [0, 0.05) is 18.9 Å². The molecule has 5 nitrogen and oxygen atoms in total. The van der Waals surface area contributed by atoms with Crippen molar-refractivity contribution in [3.05, 3.63) is 34.6 Å². The third-order valence-corrected chi connectivity index (χ3v) is 1.85. The van der Waals surface area contributed by atoms with Crippen LogP contribution in [-0.4, -0.2) is 14.8 Å². The smallest absolute Gasteiger partial charge is 0.388 e. The van der Waals surface area contributed by atoms with E-state index in [0.717, 1.165) is 10.4 Å². The molecule has 2 heterocycles. The molecule has 5 heteroatoms. The van der Waals surface area contributed by atoms with Crippen LogP contribution in [0.2, 0.25) is 0 Å². The maximum Gasteiger partial charge on any atom is 0.437 e. The van der Waals surface area contributed by atoms with Gasteiger partial charge < -0.3 is 4.42 Å². The number of nitrogens with zero attached hydrogens (tertiary/aromatic N) is 3. The SMILES string of the molecule is Cc1ccc(-c2nn(C)c(=O)o2)cn1. The van der Waals surface area contributed by atoms with Crippen molar-refractivity contribution in [2.45, 2.75) is 6.92 Å². The molecule has 0 aliphatic rings. The van der Waals surface area contributed by atoms with Gasteiger partial charge in [-0.1, -0.05) is 0 Å². The zero-order chi connectivity index (χ0) is 10.1. The van der Waals surface area contributed by atoms with E-state index in [0.29, 0.717) is 11.5 Å². The van der Waals surface area contributed by atoms with Gasteiger partial charge in [0.05, 0.1) is 5.56 Å². The molecule has 0 aliphatic carbocycles. The van der Waals surface area contributed by atoms with E-state index in [1.807, 2.05) is 19.1 Å². The monoisotopic (exact) mass is 191 g/mol. The predicted octanol–water partition coefficient (Wildman–Crippen LogP) is 0.744. The molecular weight excluding hydrogens is 182 g/mol. The van der Waals surface area contributed by atoms with Gasteiger partial charge in [-0.3, -0.25) is 4.98 Å². The van der Waals surface area contributed by atoms with Crippen molar-refractivity contribution in [1.29, 1.82) is 0 Å². The third kappa shape index (κ3) is 1.44. The quantitative estimate of drug-likeness (QED) is 0.667. The van der Waals surface area contributed by atoms with E-state index < -0.39 is 5.76 Å². The first-order chi connectivity index (χ1) is 6.66. The van der Waals surface area contributed by atoms with Crippen molar-refractivity contribution in [1.82, 2.24) is 14.8 Å². The number of rotatable bonds is 1. The highest BCUT2D eigenvalue weighted by atomic mass is 16.4. The van der Waals surface area contributed by atoms with Crippen LogP contribution in [0.3, 0.4) is 0 Å². The van der Waals surface area contributed by atoms with E-state index >= 15 is 0 Å². The second-order valence-corrected chi connectivity index (χ2v) is 2.98. The lowest BCUT2D eigenvalue weighted by atomic mass is 10.2. The van der Waals surface area contributed by atoms with Crippen molar-refractivity contribution in [3.63, 3.8) is 0 Å². The van der Waals surface area contributed by atoms with E-state index in [9.17, 15) is 4.79 Å². The zero-order valence-corrected chi connectivity index (χ0v) is 7.89. The van der Waals surface area contributed by atoms with Crippen LogP contribution in [0.5, 0.6) is 0 Å². The Morgan fingerprint density at radius 3 is 2.71 bits per heavy atom. The molecule has 14 heavy (non-hydrogen) atoms. The average molecular weight is 191 g/mol. The van der Waals surface area contributed by atoms with Crippen LogP contribution in [0.1, 0.15) is 5.69 Å². The molecule has 0 atom stereocenters. The molecule has 0 unspecified atom stereocenters. The first-order valence-corrected chi connectivity index (χ1v) is 4.14. The minimum Gasteiger partial charge on any atom is -0.388 e. The molecule has 0 amide bonds. The summed E-state index contributed by atoms with van der Waals surface area (Å²) in [7, 11) is 1.54. The molecule has 0 spiro atoms. The van der Waals surface area contributed by atoms with E-state index in [1.54, 1.807) is 6.20 Å². The molecule has 0 saturated carbocycles. The van der Waals surface area contributed by atoms with E-state index in [2.05, 4.69) is 10.1 Å². The fourth-order valence-corrected chi connectivity index (χ4v) is 1.06. The van der Waals surface area contributed by atoms with Crippen LogP contribution in [0.15, 0.2) is 27.5 Å².